The molecule has 2 heteroatoms. The number of hydrogen-bond donors (Lipinski definition) is 0. The topological polar surface area (TPSA) is 24.7 Å². The predicted molar refractivity (Wildman–Crippen MR) is 46.9 cm³/mol. The number of hydrogen-bond acceptors (Lipinski definition) is 1. The molecule has 0 saturated heterocycles. The second-order valence-corrected chi connectivity index (χ2v) is 2.25. The summed E-state index contributed by atoms with van der Waals surface area (Å²) in [5.41, 5.74) is 0. The van der Waals surface area contributed by atoms with E-state index in [0.717, 1.165) is 5.84 Å². The van der Waals surface area contributed by atoms with Gasteiger partial charge in [0.25, 0.3) is 0 Å². The minimum Gasteiger partial charge on any atom is -0.274 e. The molecular weight excluding hydrogens is 124 g/mol. The molecule has 0 heterocycles. The lowest BCUT2D eigenvalue weighted by molar-refractivity contribution is 0.870. The summed E-state index contributed by atoms with van der Waals surface area (Å²) in [6.07, 6.45) is 3.30. The molecule has 0 atom stereocenters. The Morgan fingerprint density at radius 2 is 2.10 bits per heavy atom. The summed E-state index contributed by atoms with van der Waals surface area (Å²) >= 11 is 0. The quantitative estimate of drug-likeness (QED) is 0.411. The number of nitrogens with zero attached hydrogens (tertiary/aromatic N) is 2. The molecular formula is C8H14N2. The van der Waals surface area contributed by atoms with E-state index in [-0.39, 0.29) is 0 Å². The molecule has 0 aliphatic rings. The summed E-state index contributed by atoms with van der Waals surface area (Å²) in [4.78, 5) is 8.06. The third-order valence-corrected chi connectivity index (χ3v) is 1.06. The minimum atomic E-state index is 0.390. The number of rotatable bonds is 2. The van der Waals surface area contributed by atoms with Crippen LogP contribution in [0.1, 0.15) is 13.8 Å². The van der Waals surface area contributed by atoms with Crippen molar-refractivity contribution in [2.45, 2.75) is 13.8 Å². The Morgan fingerprint density at radius 1 is 1.50 bits per heavy atom. The van der Waals surface area contributed by atoms with Crippen LogP contribution in [0.5, 0.6) is 0 Å². The maximum absolute atomic E-state index is 4.07. The first-order valence-corrected chi connectivity index (χ1v) is 3.34. The Hall–Kier alpha value is -0.920. The summed E-state index contributed by atoms with van der Waals surface area (Å²) in [6, 6.07) is 0. The largest absolute Gasteiger partial charge is 0.274 e. The first-order valence-electron chi connectivity index (χ1n) is 3.34. The highest BCUT2D eigenvalue weighted by atomic mass is 14.9. The van der Waals surface area contributed by atoms with E-state index in [2.05, 4.69) is 30.4 Å². The molecule has 0 unspecified atom stereocenters. The second-order valence-electron chi connectivity index (χ2n) is 2.25. The molecule has 0 radical (unpaired) electrons. The zero-order chi connectivity index (χ0) is 7.98. The summed E-state index contributed by atoms with van der Waals surface area (Å²) < 4.78 is 0. The summed E-state index contributed by atoms with van der Waals surface area (Å²) in [7, 11) is 1.75. The van der Waals surface area contributed by atoms with Gasteiger partial charge in [0, 0.05) is 19.2 Å². The van der Waals surface area contributed by atoms with E-state index >= 15 is 0 Å². The van der Waals surface area contributed by atoms with E-state index in [0.29, 0.717) is 5.92 Å². The van der Waals surface area contributed by atoms with Crippen LogP contribution in [0.3, 0.4) is 0 Å². The molecule has 0 aromatic rings. The Bertz CT molecular complexity index is 155. The SMILES string of the molecule is C=CC=NC(=NC)C(C)C. The summed E-state index contributed by atoms with van der Waals surface area (Å²) in [5.74, 6) is 1.25. The second kappa shape index (κ2) is 4.91. The van der Waals surface area contributed by atoms with Crippen LogP contribution in [0.15, 0.2) is 22.6 Å². The molecule has 0 fully saturated rings. The van der Waals surface area contributed by atoms with Crippen LogP contribution in [0.4, 0.5) is 0 Å². The molecule has 0 amide bonds. The van der Waals surface area contributed by atoms with Crippen LogP contribution in [0.2, 0.25) is 0 Å². The monoisotopic (exact) mass is 138 g/mol. The summed E-state index contributed by atoms with van der Waals surface area (Å²) in [6.45, 7) is 7.64. The molecule has 0 aromatic carbocycles. The maximum atomic E-state index is 4.07. The van der Waals surface area contributed by atoms with Crippen LogP contribution >= 0.6 is 0 Å². The van der Waals surface area contributed by atoms with Crippen molar-refractivity contribution >= 4 is 12.1 Å². The molecule has 0 aliphatic heterocycles. The van der Waals surface area contributed by atoms with Crippen molar-refractivity contribution in [3.8, 4) is 0 Å². The average Bonchev–Trinajstić information content (AvgIpc) is 1.89. The van der Waals surface area contributed by atoms with E-state index in [4.69, 9.17) is 0 Å². The zero-order valence-corrected chi connectivity index (χ0v) is 6.83. The van der Waals surface area contributed by atoms with Gasteiger partial charge < -0.3 is 0 Å². The fourth-order valence-electron chi connectivity index (χ4n) is 0.594. The van der Waals surface area contributed by atoms with Crippen molar-refractivity contribution < 1.29 is 0 Å². The number of allylic oxidation sites excluding steroid dienone is 1. The Balaban J connectivity index is 4.10. The van der Waals surface area contributed by atoms with Crippen LogP contribution in [0.25, 0.3) is 0 Å². The van der Waals surface area contributed by atoms with Crippen LogP contribution in [-0.2, 0) is 0 Å². The molecule has 0 bridgehead atoms. The molecule has 0 N–H and O–H groups in total. The van der Waals surface area contributed by atoms with Crippen LogP contribution in [0, 0.1) is 5.92 Å². The predicted octanol–water partition coefficient (Wildman–Crippen LogP) is 1.93. The van der Waals surface area contributed by atoms with E-state index in [1.165, 1.54) is 0 Å². The molecule has 0 aliphatic carbocycles. The van der Waals surface area contributed by atoms with Crippen molar-refractivity contribution in [1.29, 1.82) is 0 Å². The highest BCUT2D eigenvalue weighted by molar-refractivity contribution is 5.93. The molecule has 0 rings (SSSR count). The van der Waals surface area contributed by atoms with Crippen molar-refractivity contribution in [3.05, 3.63) is 12.7 Å². The molecule has 0 aromatic heterocycles. The fraction of sp³-hybridized carbons (Fsp3) is 0.500. The molecule has 2 nitrogen and oxygen atoms in total. The number of amidine groups is 1. The van der Waals surface area contributed by atoms with Gasteiger partial charge in [-0.25, -0.2) is 4.99 Å². The first kappa shape index (κ1) is 9.08. The van der Waals surface area contributed by atoms with Crippen LogP contribution < -0.4 is 0 Å². The molecule has 0 spiro atoms. The lowest BCUT2D eigenvalue weighted by Gasteiger charge is -2.00. The molecule has 56 valence electrons. The standard InChI is InChI=1S/C8H14N2/c1-5-6-10-8(9-4)7(2)3/h5-7H,1H2,2-4H3. The Labute approximate surface area is 62.4 Å². The highest BCUT2D eigenvalue weighted by Gasteiger charge is 1.98. The molecule has 10 heavy (non-hydrogen) atoms. The van der Waals surface area contributed by atoms with Gasteiger partial charge in [0.1, 0.15) is 5.84 Å². The van der Waals surface area contributed by atoms with Crippen molar-refractivity contribution in [2.24, 2.45) is 15.9 Å². The lowest BCUT2D eigenvalue weighted by atomic mass is 10.2. The zero-order valence-electron chi connectivity index (χ0n) is 6.83. The lowest BCUT2D eigenvalue weighted by Crippen LogP contribution is -2.03. The maximum Gasteiger partial charge on any atom is 0.125 e. The third-order valence-electron chi connectivity index (χ3n) is 1.06. The van der Waals surface area contributed by atoms with Gasteiger partial charge in [0.15, 0.2) is 0 Å². The van der Waals surface area contributed by atoms with Gasteiger partial charge in [-0.05, 0) is 0 Å². The van der Waals surface area contributed by atoms with Crippen molar-refractivity contribution in [2.75, 3.05) is 7.05 Å². The van der Waals surface area contributed by atoms with Gasteiger partial charge in [-0.2, -0.15) is 0 Å². The van der Waals surface area contributed by atoms with Gasteiger partial charge in [0.05, 0.1) is 0 Å². The van der Waals surface area contributed by atoms with Gasteiger partial charge in [-0.1, -0.05) is 26.5 Å². The fourth-order valence-corrected chi connectivity index (χ4v) is 0.594. The number of aliphatic imine (C=N–C) groups is 2. The van der Waals surface area contributed by atoms with E-state index in [1.54, 1.807) is 19.3 Å². The van der Waals surface area contributed by atoms with Crippen molar-refractivity contribution in [3.63, 3.8) is 0 Å². The highest BCUT2D eigenvalue weighted by Crippen LogP contribution is 1.96. The average molecular weight is 138 g/mol. The van der Waals surface area contributed by atoms with E-state index < -0.39 is 0 Å². The van der Waals surface area contributed by atoms with Gasteiger partial charge in [-0.3, -0.25) is 4.99 Å². The molecule has 0 saturated carbocycles. The smallest absolute Gasteiger partial charge is 0.125 e. The third kappa shape index (κ3) is 3.17. The van der Waals surface area contributed by atoms with E-state index in [1.807, 2.05) is 0 Å². The van der Waals surface area contributed by atoms with Crippen LogP contribution in [-0.4, -0.2) is 19.1 Å². The van der Waals surface area contributed by atoms with Gasteiger partial charge in [0.2, 0.25) is 0 Å². The Kier molecular flexibility index (Phi) is 4.46. The Morgan fingerprint density at radius 3 is 2.40 bits per heavy atom. The van der Waals surface area contributed by atoms with E-state index in [9.17, 15) is 0 Å². The van der Waals surface area contributed by atoms with Gasteiger partial charge >= 0.3 is 0 Å². The first-order chi connectivity index (χ1) is 4.72. The summed E-state index contributed by atoms with van der Waals surface area (Å²) in [5, 5.41) is 0. The minimum absolute atomic E-state index is 0.390. The van der Waals surface area contributed by atoms with Crippen molar-refractivity contribution in [1.82, 2.24) is 0 Å². The van der Waals surface area contributed by atoms with Gasteiger partial charge in [-0.15, -0.1) is 0 Å². The normalized spacial score (nSPS) is 13.0.